The third-order valence-corrected chi connectivity index (χ3v) is 4.06. The summed E-state index contributed by atoms with van der Waals surface area (Å²) in [6.45, 7) is 2.95. The molecule has 2 aromatic carbocycles. The lowest BCUT2D eigenvalue weighted by molar-refractivity contribution is -0.121. The fraction of sp³-hybridized carbons (Fsp3) is 0.350. The van der Waals surface area contributed by atoms with E-state index in [0.29, 0.717) is 26.0 Å². The van der Waals surface area contributed by atoms with Crippen LogP contribution in [0.4, 0.5) is 10.1 Å². The highest BCUT2D eigenvalue weighted by Crippen LogP contribution is 2.16. The average molecular weight is 344 g/mol. The van der Waals surface area contributed by atoms with Crippen molar-refractivity contribution in [3.8, 4) is 5.75 Å². The van der Waals surface area contributed by atoms with E-state index in [2.05, 4.69) is 17.1 Å². The number of ether oxygens (including phenoxy) is 1. The maximum atomic E-state index is 13.4. The molecule has 0 bridgehead atoms. The summed E-state index contributed by atoms with van der Waals surface area (Å²) in [6.07, 6.45) is 0.902. The van der Waals surface area contributed by atoms with E-state index in [4.69, 9.17) is 4.74 Å². The first-order chi connectivity index (χ1) is 12.1. The van der Waals surface area contributed by atoms with Crippen molar-refractivity contribution < 1.29 is 13.9 Å². The lowest BCUT2D eigenvalue weighted by Gasteiger charge is -2.27. The first-order valence-electron chi connectivity index (χ1n) is 8.50. The quantitative estimate of drug-likeness (QED) is 0.707. The Kier molecular flexibility index (Phi) is 7.26. The van der Waals surface area contributed by atoms with E-state index in [1.54, 1.807) is 18.2 Å². The van der Waals surface area contributed by atoms with Crippen LogP contribution in [0.15, 0.2) is 54.6 Å². The van der Waals surface area contributed by atoms with Crippen LogP contribution < -0.4 is 15.0 Å². The van der Waals surface area contributed by atoms with Gasteiger partial charge in [-0.1, -0.05) is 30.3 Å². The van der Waals surface area contributed by atoms with Crippen LogP contribution in [-0.4, -0.2) is 32.1 Å². The van der Waals surface area contributed by atoms with Crippen molar-refractivity contribution in [1.82, 2.24) is 5.32 Å². The van der Waals surface area contributed by atoms with Gasteiger partial charge in [0, 0.05) is 31.7 Å². The number of hydrogen-bond donors (Lipinski definition) is 1. The van der Waals surface area contributed by atoms with Crippen LogP contribution in [0.1, 0.15) is 19.8 Å². The number of halogens is 1. The third kappa shape index (κ3) is 6.10. The van der Waals surface area contributed by atoms with Gasteiger partial charge >= 0.3 is 0 Å². The molecule has 0 aliphatic heterocycles. The van der Waals surface area contributed by atoms with Crippen LogP contribution in [-0.2, 0) is 4.79 Å². The zero-order chi connectivity index (χ0) is 18.1. The summed E-state index contributed by atoms with van der Waals surface area (Å²) < 4.78 is 18.7. The number of carbonyl (C=O) groups excluding carboxylic acids is 1. The molecule has 0 heterocycles. The molecule has 1 N–H and O–H groups in total. The van der Waals surface area contributed by atoms with Gasteiger partial charge in [-0.15, -0.1) is 0 Å². The van der Waals surface area contributed by atoms with Crippen LogP contribution in [0, 0.1) is 5.82 Å². The topological polar surface area (TPSA) is 41.6 Å². The summed E-state index contributed by atoms with van der Waals surface area (Å²) in [5.41, 5.74) is 1.11. The van der Waals surface area contributed by atoms with E-state index in [1.165, 1.54) is 6.07 Å². The highest BCUT2D eigenvalue weighted by molar-refractivity contribution is 5.75. The highest BCUT2D eigenvalue weighted by Gasteiger charge is 2.11. The maximum absolute atomic E-state index is 13.4. The fourth-order valence-corrected chi connectivity index (χ4v) is 2.38. The zero-order valence-corrected chi connectivity index (χ0v) is 14.7. The van der Waals surface area contributed by atoms with Gasteiger partial charge in [0.25, 0.3) is 0 Å². The molecule has 1 amide bonds. The molecule has 5 heteroatoms. The number of carbonyl (C=O) groups is 1. The smallest absolute Gasteiger partial charge is 0.220 e. The SMILES string of the molecule is CC(CNC(=O)CCCOc1ccccc1F)N(C)c1ccccc1. The molecule has 4 nitrogen and oxygen atoms in total. The number of hydrogen-bond acceptors (Lipinski definition) is 3. The summed E-state index contributed by atoms with van der Waals surface area (Å²) >= 11 is 0. The van der Waals surface area contributed by atoms with Gasteiger partial charge in [0.15, 0.2) is 11.6 Å². The Balaban J connectivity index is 1.64. The van der Waals surface area contributed by atoms with Gasteiger partial charge in [0.2, 0.25) is 5.91 Å². The second-order valence-electron chi connectivity index (χ2n) is 5.98. The Morgan fingerprint density at radius 1 is 1.16 bits per heavy atom. The van der Waals surface area contributed by atoms with E-state index < -0.39 is 0 Å². The molecule has 0 radical (unpaired) electrons. The molecule has 0 aliphatic rings. The molecule has 0 aromatic heterocycles. The molecule has 25 heavy (non-hydrogen) atoms. The molecule has 1 unspecified atom stereocenters. The summed E-state index contributed by atoms with van der Waals surface area (Å²) in [7, 11) is 2.01. The summed E-state index contributed by atoms with van der Waals surface area (Å²) in [5.74, 6) is -0.184. The van der Waals surface area contributed by atoms with Gasteiger partial charge in [0.1, 0.15) is 0 Å². The van der Waals surface area contributed by atoms with Crippen molar-refractivity contribution >= 4 is 11.6 Å². The van der Waals surface area contributed by atoms with Crippen molar-refractivity contribution in [3.05, 3.63) is 60.4 Å². The fourth-order valence-electron chi connectivity index (χ4n) is 2.38. The van der Waals surface area contributed by atoms with E-state index >= 15 is 0 Å². The van der Waals surface area contributed by atoms with Crippen LogP contribution in [0.3, 0.4) is 0 Å². The van der Waals surface area contributed by atoms with Gasteiger partial charge in [0.05, 0.1) is 6.61 Å². The number of likely N-dealkylation sites (N-methyl/N-ethyl adjacent to an activating group) is 1. The summed E-state index contributed by atoms with van der Waals surface area (Å²) in [4.78, 5) is 14.1. The lowest BCUT2D eigenvalue weighted by Crippen LogP contribution is -2.40. The van der Waals surface area contributed by atoms with Crippen molar-refractivity contribution in [3.63, 3.8) is 0 Å². The van der Waals surface area contributed by atoms with Crippen LogP contribution in [0.2, 0.25) is 0 Å². The molecule has 2 rings (SSSR count). The van der Waals surface area contributed by atoms with Gasteiger partial charge in [-0.05, 0) is 37.6 Å². The van der Waals surface area contributed by atoms with Crippen molar-refractivity contribution in [2.45, 2.75) is 25.8 Å². The monoisotopic (exact) mass is 344 g/mol. The zero-order valence-electron chi connectivity index (χ0n) is 14.7. The molecule has 2 aromatic rings. The predicted octanol–water partition coefficient (Wildman–Crippen LogP) is 3.63. The Hall–Kier alpha value is -2.56. The number of para-hydroxylation sites is 2. The second kappa shape index (κ2) is 9.67. The molecular formula is C20H25FN2O2. The molecular weight excluding hydrogens is 319 g/mol. The highest BCUT2D eigenvalue weighted by atomic mass is 19.1. The number of nitrogens with zero attached hydrogens (tertiary/aromatic N) is 1. The first kappa shape index (κ1) is 18.8. The Morgan fingerprint density at radius 2 is 1.84 bits per heavy atom. The van der Waals surface area contributed by atoms with Gasteiger partial charge in [-0.2, -0.15) is 0 Å². The number of anilines is 1. The molecule has 0 aliphatic carbocycles. The first-order valence-corrected chi connectivity index (χ1v) is 8.50. The Labute approximate surface area is 148 Å². The minimum Gasteiger partial charge on any atom is -0.491 e. The molecule has 0 saturated heterocycles. The molecule has 0 saturated carbocycles. The number of benzene rings is 2. The lowest BCUT2D eigenvalue weighted by atomic mass is 10.2. The largest absolute Gasteiger partial charge is 0.491 e. The van der Waals surface area contributed by atoms with Crippen molar-refractivity contribution in [2.24, 2.45) is 0 Å². The van der Waals surface area contributed by atoms with Crippen LogP contribution in [0.5, 0.6) is 5.75 Å². The van der Waals surface area contributed by atoms with Crippen LogP contribution in [0.25, 0.3) is 0 Å². The Morgan fingerprint density at radius 3 is 2.56 bits per heavy atom. The normalized spacial score (nSPS) is 11.6. The maximum Gasteiger partial charge on any atom is 0.220 e. The molecule has 0 fully saturated rings. The second-order valence-corrected chi connectivity index (χ2v) is 5.98. The molecule has 1 atom stereocenters. The number of rotatable bonds is 9. The standard InChI is InChI=1S/C20H25FN2O2/c1-16(23(2)17-9-4-3-5-10-17)15-22-20(24)13-8-14-25-19-12-7-6-11-18(19)21/h3-7,9-12,16H,8,13-15H2,1-2H3,(H,22,24). The minimum atomic E-state index is -0.385. The van der Waals surface area contributed by atoms with Gasteiger partial charge in [-0.25, -0.2) is 4.39 Å². The third-order valence-electron chi connectivity index (χ3n) is 4.06. The summed E-state index contributed by atoms with van der Waals surface area (Å²) in [6, 6.07) is 16.5. The number of amides is 1. The molecule has 134 valence electrons. The number of nitrogens with one attached hydrogen (secondary N) is 1. The van der Waals surface area contributed by atoms with Gasteiger partial charge < -0.3 is 15.0 Å². The van der Waals surface area contributed by atoms with Gasteiger partial charge in [-0.3, -0.25) is 4.79 Å². The van der Waals surface area contributed by atoms with Crippen molar-refractivity contribution in [1.29, 1.82) is 0 Å². The van der Waals surface area contributed by atoms with E-state index in [-0.39, 0.29) is 23.5 Å². The van der Waals surface area contributed by atoms with Crippen molar-refractivity contribution in [2.75, 3.05) is 25.1 Å². The Bertz CT molecular complexity index is 664. The van der Waals surface area contributed by atoms with E-state index in [0.717, 1.165) is 5.69 Å². The average Bonchev–Trinajstić information content (AvgIpc) is 2.64. The van der Waals surface area contributed by atoms with Crippen LogP contribution >= 0.6 is 0 Å². The van der Waals surface area contributed by atoms with E-state index in [9.17, 15) is 9.18 Å². The predicted molar refractivity (Wildman–Crippen MR) is 98.4 cm³/mol. The summed E-state index contributed by atoms with van der Waals surface area (Å²) in [5, 5.41) is 2.93. The van der Waals surface area contributed by atoms with E-state index in [1.807, 2.05) is 37.4 Å². The molecule has 0 spiro atoms. The minimum absolute atomic E-state index is 0.0227.